The van der Waals surface area contributed by atoms with E-state index in [0.717, 1.165) is 17.9 Å². The minimum atomic E-state index is 0.203. The number of aliphatic hydroxyl groups is 1. The van der Waals surface area contributed by atoms with Crippen molar-refractivity contribution in [2.45, 2.75) is 31.7 Å². The molecule has 0 bridgehead atoms. The van der Waals surface area contributed by atoms with Crippen molar-refractivity contribution in [1.29, 1.82) is 0 Å². The number of imidazole rings is 1. The molecular formula is C10H19N3OS. The van der Waals surface area contributed by atoms with Gasteiger partial charge < -0.3 is 15.4 Å². The Kier molecular flexibility index (Phi) is 5.14. The van der Waals surface area contributed by atoms with E-state index in [4.69, 9.17) is 5.11 Å². The number of aromatic amines is 1. The second-order valence-electron chi connectivity index (χ2n) is 3.60. The van der Waals surface area contributed by atoms with Gasteiger partial charge in [0.25, 0.3) is 0 Å². The van der Waals surface area contributed by atoms with E-state index >= 15 is 0 Å². The van der Waals surface area contributed by atoms with Crippen LogP contribution in [0.1, 0.15) is 18.3 Å². The standard InChI is InChI=1S/C10H19N3OS/c1-7-9(13-6-12-7)4-11-8(2)10(5-14)15-3/h6,8,10-11,14H,4-5H2,1-3H3,(H,12,13). The molecule has 0 amide bonds. The van der Waals surface area contributed by atoms with Crippen molar-refractivity contribution in [1.82, 2.24) is 15.3 Å². The van der Waals surface area contributed by atoms with Crippen LogP contribution < -0.4 is 5.32 Å². The zero-order chi connectivity index (χ0) is 11.3. The Morgan fingerprint density at radius 2 is 2.40 bits per heavy atom. The predicted octanol–water partition coefficient (Wildman–Crippen LogP) is 0.920. The van der Waals surface area contributed by atoms with Gasteiger partial charge in [-0.3, -0.25) is 0 Å². The lowest BCUT2D eigenvalue weighted by Gasteiger charge is -2.20. The summed E-state index contributed by atoms with van der Waals surface area (Å²) in [5, 5.41) is 12.7. The minimum absolute atomic E-state index is 0.203. The Labute approximate surface area is 94.9 Å². The highest BCUT2D eigenvalue weighted by Gasteiger charge is 2.14. The molecule has 2 unspecified atom stereocenters. The van der Waals surface area contributed by atoms with Gasteiger partial charge in [0.15, 0.2) is 0 Å². The average molecular weight is 229 g/mol. The summed E-state index contributed by atoms with van der Waals surface area (Å²) >= 11 is 1.68. The number of nitrogens with zero attached hydrogens (tertiary/aromatic N) is 1. The van der Waals surface area contributed by atoms with E-state index in [9.17, 15) is 0 Å². The van der Waals surface area contributed by atoms with Gasteiger partial charge in [-0.05, 0) is 20.1 Å². The number of aryl methyl sites for hydroxylation is 1. The van der Waals surface area contributed by atoms with E-state index in [1.807, 2.05) is 13.2 Å². The predicted molar refractivity (Wildman–Crippen MR) is 64.0 cm³/mol. The van der Waals surface area contributed by atoms with Crippen LogP contribution in [-0.2, 0) is 6.54 Å². The molecule has 3 N–H and O–H groups in total. The number of aliphatic hydroxyl groups excluding tert-OH is 1. The molecule has 0 aliphatic heterocycles. The van der Waals surface area contributed by atoms with Crippen LogP contribution in [0.5, 0.6) is 0 Å². The molecule has 0 aliphatic carbocycles. The van der Waals surface area contributed by atoms with E-state index in [1.54, 1.807) is 18.1 Å². The Bertz CT molecular complexity index is 286. The normalized spacial score (nSPS) is 15.2. The lowest BCUT2D eigenvalue weighted by molar-refractivity contribution is 0.275. The maximum atomic E-state index is 9.13. The van der Waals surface area contributed by atoms with Crippen LogP contribution in [0, 0.1) is 6.92 Å². The van der Waals surface area contributed by atoms with Gasteiger partial charge in [0.05, 0.1) is 18.6 Å². The zero-order valence-corrected chi connectivity index (χ0v) is 10.3. The van der Waals surface area contributed by atoms with Gasteiger partial charge in [0.1, 0.15) is 0 Å². The molecular weight excluding hydrogens is 210 g/mol. The minimum Gasteiger partial charge on any atom is -0.395 e. The van der Waals surface area contributed by atoms with Crippen LogP contribution in [0.3, 0.4) is 0 Å². The average Bonchev–Trinajstić information content (AvgIpc) is 2.63. The van der Waals surface area contributed by atoms with Crippen LogP contribution in [0.4, 0.5) is 0 Å². The fourth-order valence-corrected chi connectivity index (χ4v) is 2.04. The number of thioether (sulfide) groups is 1. The quantitative estimate of drug-likeness (QED) is 0.679. The van der Waals surface area contributed by atoms with Gasteiger partial charge >= 0.3 is 0 Å². The van der Waals surface area contributed by atoms with Crippen molar-refractivity contribution in [3.8, 4) is 0 Å². The Balaban J connectivity index is 2.40. The van der Waals surface area contributed by atoms with Crippen LogP contribution in [0.15, 0.2) is 6.33 Å². The van der Waals surface area contributed by atoms with Gasteiger partial charge in [-0.1, -0.05) is 0 Å². The lowest BCUT2D eigenvalue weighted by atomic mass is 10.2. The molecule has 0 fully saturated rings. The monoisotopic (exact) mass is 229 g/mol. The Morgan fingerprint density at radius 3 is 2.87 bits per heavy atom. The van der Waals surface area contributed by atoms with Crippen LogP contribution >= 0.6 is 11.8 Å². The number of hydrogen-bond donors (Lipinski definition) is 3. The van der Waals surface area contributed by atoms with Crippen molar-refractivity contribution in [3.63, 3.8) is 0 Å². The van der Waals surface area contributed by atoms with Gasteiger partial charge in [0.2, 0.25) is 0 Å². The summed E-state index contributed by atoms with van der Waals surface area (Å²) in [6, 6.07) is 0.279. The molecule has 1 heterocycles. The van der Waals surface area contributed by atoms with E-state index in [0.29, 0.717) is 0 Å². The number of nitrogens with one attached hydrogen (secondary N) is 2. The molecule has 4 nitrogen and oxygen atoms in total. The highest BCUT2D eigenvalue weighted by Crippen LogP contribution is 2.11. The Hall–Kier alpha value is -0.520. The third-order valence-corrected chi connectivity index (χ3v) is 3.73. The molecule has 0 saturated carbocycles. The molecule has 0 spiro atoms. The smallest absolute Gasteiger partial charge is 0.0925 e. The van der Waals surface area contributed by atoms with Gasteiger partial charge in [-0.15, -0.1) is 0 Å². The van der Waals surface area contributed by atoms with Crippen molar-refractivity contribution in [2.75, 3.05) is 12.9 Å². The van der Waals surface area contributed by atoms with E-state index in [1.165, 1.54) is 0 Å². The van der Waals surface area contributed by atoms with Crippen molar-refractivity contribution >= 4 is 11.8 Å². The molecule has 5 heteroatoms. The molecule has 1 aromatic rings. The second-order valence-corrected chi connectivity index (χ2v) is 4.68. The van der Waals surface area contributed by atoms with Crippen molar-refractivity contribution in [3.05, 3.63) is 17.7 Å². The molecule has 1 aromatic heterocycles. The van der Waals surface area contributed by atoms with Crippen molar-refractivity contribution < 1.29 is 5.11 Å². The molecule has 86 valence electrons. The number of hydrogen-bond acceptors (Lipinski definition) is 4. The SMILES string of the molecule is CSC(CO)C(C)NCc1nc[nH]c1C. The van der Waals surface area contributed by atoms with Gasteiger partial charge in [-0.2, -0.15) is 11.8 Å². The fraction of sp³-hybridized carbons (Fsp3) is 0.700. The summed E-state index contributed by atoms with van der Waals surface area (Å²) in [5.41, 5.74) is 2.14. The number of aromatic nitrogens is 2. The molecule has 0 aliphatic rings. The van der Waals surface area contributed by atoms with Crippen LogP contribution in [-0.4, -0.2) is 39.2 Å². The van der Waals surface area contributed by atoms with Gasteiger partial charge in [0, 0.05) is 23.5 Å². The molecule has 2 atom stereocenters. The first-order valence-corrected chi connectivity index (χ1v) is 6.33. The van der Waals surface area contributed by atoms with Crippen LogP contribution in [0.25, 0.3) is 0 Å². The molecule has 15 heavy (non-hydrogen) atoms. The summed E-state index contributed by atoms with van der Waals surface area (Å²) in [6.07, 6.45) is 3.72. The Morgan fingerprint density at radius 1 is 1.67 bits per heavy atom. The highest BCUT2D eigenvalue weighted by molar-refractivity contribution is 7.99. The third-order valence-electron chi connectivity index (χ3n) is 2.57. The first kappa shape index (κ1) is 12.5. The second kappa shape index (κ2) is 6.15. The summed E-state index contributed by atoms with van der Waals surface area (Å²) in [5.74, 6) is 0. The van der Waals surface area contributed by atoms with E-state index in [-0.39, 0.29) is 17.9 Å². The summed E-state index contributed by atoms with van der Waals surface area (Å²) < 4.78 is 0. The lowest BCUT2D eigenvalue weighted by Crippen LogP contribution is -2.37. The maximum Gasteiger partial charge on any atom is 0.0925 e. The van der Waals surface area contributed by atoms with Crippen molar-refractivity contribution in [2.24, 2.45) is 0 Å². The van der Waals surface area contributed by atoms with Crippen LogP contribution in [0.2, 0.25) is 0 Å². The fourth-order valence-electron chi connectivity index (χ4n) is 1.39. The largest absolute Gasteiger partial charge is 0.395 e. The van der Waals surface area contributed by atoms with E-state index in [2.05, 4.69) is 22.2 Å². The third kappa shape index (κ3) is 3.52. The highest BCUT2D eigenvalue weighted by atomic mass is 32.2. The van der Waals surface area contributed by atoms with E-state index < -0.39 is 0 Å². The molecule has 0 saturated heterocycles. The number of H-pyrrole nitrogens is 1. The molecule has 1 rings (SSSR count). The zero-order valence-electron chi connectivity index (χ0n) is 9.45. The first-order valence-electron chi connectivity index (χ1n) is 5.05. The molecule has 0 radical (unpaired) electrons. The topological polar surface area (TPSA) is 60.9 Å². The first-order chi connectivity index (χ1) is 7.19. The van der Waals surface area contributed by atoms with Gasteiger partial charge in [-0.25, -0.2) is 4.98 Å². The number of rotatable bonds is 6. The summed E-state index contributed by atoms with van der Waals surface area (Å²) in [7, 11) is 0. The molecule has 0 aromatic carbocycles. The summed E-state index contributed by atoms with van der Waals surface area (Å²) in [4.78, 5) is 7.26. The maximum absolute atomic E-state index is 9.13. The summed E-state index contributed by atoms with van der Waals surface area (Å²) in [6.45, 7) is 5.04.